The van der Waals surface area contributed by atoms with Crippen LogP contribution in [0.3, 0.4) is 0 Å². The van der Waals surface area contributed by atoms with E-state index in [1.165, 1.54) is 38.0 Å². The number of hydrogen-bond donors (Lipinski definition) is 2. The summed E-state index contributed by atoms with van der Waals surface area (Å²) in [6.45, 7) is 3.69. The molecular formula is C18H24N4O5S2. The van der Waals surface area contributed by atoms with Crippen LogP contribution < -0.4 is 10.6 Å². The van der Waals surface area contributed by atoms with E-state index >= 15 is 0 Å². The van der Waals surface area contributed by atoms with Crippen molar-refractivity contribution in [2.45, 2.75) is 30.5 Å². The van der Waals surface area contributed by atoms with E-state index in [-0.39, 0.29) is 29.0 Å². The molecular weight excluding hydrogens is 416 g/mol. The number of hydrogen-bond acceptors (Lipinski definition) is 7. The molecule has 11 heteroatoms. The Kier molecular flexibility index (Phi) is 7.82. The highest BCUT2D eigenvalue weighted by molar-refractivity contribution is 8.01. The molecule has 1 aromatic carbocycles. The van der Waals surface area contributed by atoms with E-state index in [1.807, 2.05) is 0 Å². The van der Waals surface area contributed by atoms with E-state index in [2.05, 4.69) is 15.8 Å². The van der Waals surface area contributed by atoms with Gasteiger partial charge in [0.25, 0.3) is 0 Å². The molecule has 0 spiro atoms. The van der Waals surface area contributed by atoms with Gasteiger partial charge in [-0.2, -0.15) is 0 Å². The molecule has 158 valence electrons. The number of sulfonamides is 1. The minimum Gasteiger partial charge on any atom is -0.360 e. The molecule has 2 amide bonds. The molecule has 0 radical (unpaired) electrons. The third-order valence-electron chi connectivity index (χ3n) is 3.90. The second-order valence-corrected chi connectivity index (χ2v) is 9.95. The number of aryl methyl sites for hydroxylation is 1. The van der Waals surface area contributed by atoms with Crippen LogP contribution in [0.4, 0.5) is 5.82 Å². The summed E-state index contributed by atoms with van der Waals surface area (Å²) in [5.41, 5.74) is 0.772. The first-order valence-electron chi connectivity index (χ1n) is 8.73. The van der Waals surface area contributed by atoms with E-state index in [0.717, 1.165) is 9.87 Å². The minimum atomic E-state index is -3.48. The van der Waals surface area contributed by atoms with Gasteiger partial charge in [-0.15, -0.1) is 11.8 Å². The number of thioether (sulfide) groups is 1. The Morgan fingerprint density at radius 1 is 1.24 bits per heavy atom. The highest BCUT2D eigenvalue weighted by atomic mass is 32.2. The second-order valence-electron chi connectivity index (χ2n) is 6.47. The van der Waals surface area contributed by atoms with Crippen molar-refractivity contribution in [3.05, 3.63) is 41.7 Å². The van der Waals surface area contributed by atoms with E-state index in [0.29, 0.717) is 11.6 Å². The van der Waals surface area contributed by atoms with Crippen LogP contribution in [0.25, 0.3) is 0 Å². The Morgan fingerprint density at radius 2 is 1.90 bits per heavy atom. The van der Waals surface area contributed by atoms with Crippen molar-refractivity contribution >= 4 is 39.4 Å². The standard InChI is InChI=1S/C18H24N4O5S2/c1-12-9-16(21-27-12)20-18(24)13(2)28-11-17(23)19-10-14-5-7-15(8-6-14)29(25,26)22(3)4/h5-9,13H,10-11H2,1-4H3,(H,19,23)(H,20,21,24). The lowest BCUT2D eigenvalue weighted by Crippen LogP contribution is -2.28. The number of carbonyl (C=O) groups excluding carboxylic acids is 2. The summed E-state index contributed by atoms with van der Waals surface area (Å²) >= 11 is 1.20. The van der Waals surface area contributed by atoms with Crippen LogP contribution in [0, 0.1) is 6.92 Å². The number of aromatic nitrogens is 1. The van der Waals surface area contributed by atoms with Crippen molar-refractivity contribution in [2.24, 2.45) is 0 Å². The molecule has 1 aromatic heterocycles. The summed E-state index contributed by atoms with van der Waals surface area (Å²) in [6.07, 6.45) is 0. The van der Waals surface area contributed by atoms with Gasteiger partial charge in [-0.25, -0.2) is 12.7 Å². The number of nitrogens with zero attached hydrogens (tertiary/aromatic N) is 2. The predicted molar refractivity (Wildman–Crippen MR) is 111 cm³/mol. The van der Waals surface area contributed by atoms with E-state index in [9.17, 15) is 18.0 Å². The number of benzene rings is 1. The maximum atomic E-state index is 12.1. The van der Waals surface area contributed by atoms with Gasteiger partial charge in [0.2, 0.25) is 21.8 Å². The molecule has 0 aliphatic heterocycles. The van der Waals surface area contributed by atoms with Crippen LogP contribution in [-0.4, -0.2) is 54.8 Å². The Balaban J connectivity index is 1.77. The molecule has 2 aromatic rings. The molecule has 0 aliphatic rings. The molecule has 2 N–H and O–H groups in total. The molecule has 1 heterocycles. The van der Waals surface area contributed by atoms with E-state index in [1.54, 1.807) is 32.0 Å². The lowest BCUT2D eigenvalue weighted by atomic mass is 10.2. The van der Waals surface area contributed by atoms with Gasteiger partial charge in [-0.3, -0.25) is 9.59 Å². The number of rotatable bonds is 9. The Hall–Kier alpha value is -2.37. The molecule has 0 saturated carbocycles. The van der Waals surface area contributed by atoms with Crippen molar-refractivity contribution in [2.75, 3.05) is 25.2 Å². The highest BCUT2D eigenvalue weighted by Gasteiger charge is 2.18. The zero-order valence-corrected chi connectivity index (χ0v) is 18.3. The molecule has 29 heavy (non-hydrogen) atoms. The smallest absolute Gasteiger partial charge is 0.242 e. The molecule has 0 fully saturated rings. The normalized spacial score (nSPS) is 12.6. The lowest BCUT2D eigenvalue weighted by molar-refractivity contribution is -0.118. The van der Waals surface area contributed by atoms with Crippen molar-refractivity contribution in [3.8, 4) is 0 Å². The van der Waals surface area contributed by atoms with E-state index < -0.39 is 15.3 Å². The Morgan fingerprint density at radius 3 is 2.45 bits per heavy atom. The highest BCUT2D eigenvalue weighted by Crippen LogP contribution is 2.15. The van der Waals surface area contributed by atoms with Gasteiger partial charge in [0.1, 0.15) is 5.76 Å². The predicted octanol–water partition coefficient (Wildman–Crippen LogP) is 1.61. The number of anilines is 1. The molecule has 2 rings (SSSR count). The first-order chi connectivity index (χ1) is 13.6. The van der Waals surface area contributed by atoms with Gasteiger partial charge in [0, 0.05) is 26.7 Å². The average Bonchev–Trinajstić information content (AvgIpc) is 3.09. The van der Waals surface area contributed by atoms with Crippen LogP contribution in [0.5, 0.6) is 0 Å². The molecule has 0 saturated heterocycles. The maximum absolute atomic E-state index is 12.1. The fourth-order valence-electron chi connectivity index (χ4n) is 2.17. The van der Waals surface area contributed by atoms with E-state index in [4.69, 9.17) is 4.52 Å². The van der Waals surface area contributed by atoms with Crippen molar-refractivity contribution in [1.29, 1.82) is 0 Å². The topological polar surface area (TPSA) is 122 Å². The van der Waals surface area contributed by atoms with Crippen LogP contribution in [-0.2, 0) is 26.2 Å². The summed E-state index contributed by atoms with van der Waals surface area (Å²) in [7, 11) is -0.543. The molecule has 0 aliphatic carbocycles. The van der Waals surface area contributed by atoms with Gasteiger partial charge in [0.15, 0.2) is 5.82 Å². The van der Waals surface area contributed by atoms with Crippen LogP contribution in [0.1, 0.15) is 18.2 Å². The number of carbonyl (C=O) groups is 2. The van der Waals surface area contributed by atoms with Gasteiger partial charge < -0.3 is 15.2 Å². The summed E-state index contributed by atoms with van der Waals surface area (Å²) in [5.74, 6) is 0.543. The van der Waals surface area contributed by atoms with Gasteiger partial charge in [0.05, 0.1) is 15.9 Å². The first kappa shape index (κ1) is 22.9. The van der Waals surface area contributed by atoms with Crippen LogP contribution in [0.15, 0.2) is 39.8 Å². The fourth-order valence-corrected chi connectivity index (χ4v) is 3.79. The van der Waals surface area contributed by atoms with Crippen molar-refractivity contribution in [1.82, 2.24) is 14.8 Å². The third-order valence-corrected chi connectivity index (χ3v) is 6.88. The zero-order valence-electron chi connectivity index (χ0n) is 16.6. The molecule has 9 nitrogen and oxygen atoms in total. The summed E-state index contributed by atoms with van der Waals surface area (Å²) < 4.78 is 30.1. The van der Waals surface area contributed by atoms with Gasteiger partial charge in [-0.1, -0.05) is 17.3 Å². The zero-order chi connectivity index (χ0) is 21.6. The van der Waals surface area contributed by atoms with Gasteiger partial charge in [-0.05, 0) is 31.5 Å². The minimum absolute atomic E-state index is 0.111. The molecule has 1 unspecified atom stereocenters. The Labute approximate surface area is 174 Å². The van der Waals surface area contributed by atoms with Crippen molar-refractivity contribution < 1.29 is 22.5 Å². The Bertz CT molecular complexity index is 955. The van der Waals surface area contributed by atoms with Crippen molar-refractivity contribution in [3.63, 3.8) is 0 Å². The third kappa shape index (κ3) is 6.58. The number of nitrogens with one attached hydrogen (secondary N) is 2. The van der Waals surface area contributed by atoms with Crippen LogP contribution in [0.2, 0.25) is 0 Å². The number of amides is 2. The van der Waals surface area contributed by atoms with Gasteiger partial charge >= 0.3 is 0 Å². The lowest BCUT2D eigenvalue weighted by Gasteiger charge is -2.12. The summed E-state index contributed by atoms with van der Waals surface area (Å²) in [4.78, 5) is 24.3. The fraction of sp³-hybridized carbons (Fsp3) is 0.389. The van der Waals surface area contributed by atoms with Crippen LogP contribution >= 0.6 is 11.8 Å². The summed E-state index contributed by atoms with van der Waals surface area (Å²) in [5, 5.41) is 8.61. The average molecular weight is 441 g/mol. The summed E-state index contributed by atoms with van der Waals surface area (Å²) in [6, 6.07) is 7.92. The quantitative estimate of drug-likeness (QED) is 0.607. The molecule has 1 atom stereocenters. The molecule has 0 bridgehead atoms. The first-order valence-corrected chi connectivity index (χ1v) is 11.2. The SMILES string of the molecule is Cc1cc(NC(=O)C(C)SCC(=O)NCc2ccc(S(=O)(=O)N(C)C)cc2)no1. The maximum Gasteiger partial charge on any atom is 0.242 e. The second kappa shape index (κ2) is 9.90. The largest absolute Gasteiger partial charge is 0.360 e. The monoisotopic (exact) mass is 440 g/mol.